The number of likely N-dealkylation sites (tertiary alicyclic amines) is 1. The SMILES string of the molecule is O=C1CCC(N2Cc3nc(C4(O)CCN(Cc5cnn(C(F)(F)F)c5)CC4)ccc3C2=O)C(=O)N1. The van der Waals surface area contributed by atoms with Gasteiger partial charge in [0.05, 0.1) is 29.7 Å². The van der Waals surface area contributed by atoms with Gasteiger partial charge in [0.15, 0.2) is 0 Å². The molecule has 1 unspecified atom stereocenters. The summed E-state index contributed by atoms with van der Waals surface area (Å²) in [6.07, 6.45) is -1.39. The van der Waals surface area contributed by atoms with Crippen LogP contribution in [0.2, 0.25) is 0 Å². The molecule has 0 aromatic carbocycles. The van der Waals surface area contributed by atoms with Crippen molar-refractivity contribution in [3.63, 3.8) is 0 Å². The van der Waals surface area contributed by atoms with E-state index in [4.69, 9.17) is 0 Å². The monoisotopic (exact) mass is 492 g/mol. The number of imide groups is 1. The molecule has 2 aromatic heterocycles. The zero-order valence-corrected chi connectivity index (χ0v) is 18.6. The molecule has 5 rings (SSSR count). The number of piperidine rings is 2. The Morgan fingerprint density at radius 2 is 1.91 bits per heavy atom. The molecule has 5 heterocycles. The molecule has 0 bridgehead atoms. The lowest BCUT2D eigenvalue weighted by Crippen LogP contribution is -2.52. The van der Waals surface area contributed by atoms with E-state index in [1.807, 2.05) is 4.90 Å². The zero-order chi connectivity index (χ0) is 25.0. The van der Waals surface area contributed by atoms with Crippen LogP contribution in [-0.2, 0) is 34.6 Å². The van der Waals surface area contributed by atoms with Gasteiger partial charge >= 0.3 is 6.30 Å². The number of amides is 3. The molecule has 13 heteroatoms. The normalized spacial score (nSPS) is 22.9. The molecule has 3 amide bonds. The van der Waals surface area contributed by atoms with Crippen molar-refractivity contribution in [2.24, 2.45) is 0 Å². The summed E-state index contributed by atoms with van der Waals surface area (Å²) >= 11 is 0. The van der Waals surface area contributed by atoms with E-state index in [0.29, 0.717) is 48.4 Å². The number of hydrogen-bond donors (Lipinski definition) is 2. The molecule has 3 aliphatic heterocycles. The van der Waals surface area contributed by atoms with Crippen LogP contribution in [0.3, 0.4) is 0 Å². The minimum absolute atomic E-state index is 0.0313. The second-order valence-electron chi connectivity index (χ2n) is 9.16. The average molecular weight is 492 g/mol. The van der Waals surface area contributed by atoms with E-state index in [1.165, 1.54) is 11.1 Å². The van der Waals surface area contributed by atoms with Gasteiger partial charge in [-0.05, 0) is 31.4 Å². The van der Waals surface area contributed by atoms with Crippen molar-refractivity contribution in [1.29, 1.82) is 0 Å². The number of pyridine rings is 1. The fraction of sp³-hybridized carbons (Fsp3) is 0.500. The van der Waals surface area contributed by atoms with Crippen LogP contribution in [0.5, 0.6) is 0 Å². The van der Waals surface area contributed by atoms with Crippen LogP contribution in [-0.4, -0.2) is 66.5 Å². The Balaban J connectivity index is 1.24. The number of carbonyl (C=O) groups excluding carboxylic acids is 3. The van der Waals surface area contributed by atoms with Crippen molar-refractivity contribution in [3.05, 3.63) is 47.0 Å². The Bertz CT molecular complexity index is 1190. The van der Waals surface area contributed by atoms with Gasteiger partial charge in [-0.15, -0.1) is 13.2 Å². The number of carbonyl (C=O) groups is 3. The Morgan fingerprint density at radius 1 is 1.17 bits per heavy atom. The third-order valence-electron chi connectivity index (χ3n) is 6.83. The molecule has 186 valence electrons. The molecule has 2 saturated heterocycles. The zero-order valence-electron chi connectivity index (χ0n) is 18.6. The van der Waals surface area contributed by atoms with Gasteiger partial charge in [-0.1, -0.05) is 0 Å². The summed E-state index contributed by atoms with van der Waals surface area (Å²) in [5, 5.41) is 16.9. The van der Waals surface area contributed by atoms with Crippen molar-refractivity contribution in [2.45, 2.75) is 56.7 Å². The second kappa shape index (κ2) is 8.41. The second-order valence-corrected chi connectivity index (χ2v) is 9.16. The van der Waals surface area contributed by atoms with Gasteiger partial charge < -0.3 is 10.0 Å². The minimum atomic E-state index is -4.56. The quantitative estimate of drug-likeness (QED) is 0.611. The van der Waals surface area contributed by atoms with E-state index in [9.17, 15) is 32.7 Å². The average Bonchev–Trinajstić information content (AvgIpc) is 3.40. The van der Waals surface area contributed by atoms with E-state index in [2.05, 4.69) is 15.4 Å². The first kappa shape index (κ1) is 23.4. The van der Waals surface area contributed by atoms with E-state index < -0.39 is 23.9 Å². The standard InChI is InChI=1S/C22H23F3N6O4/c23-22(24,25)31-11-13(9-26-31)10-29-7-5-21(35,6-8-29)17-3-1-14-15(27-17)12-30(20(14)34)16-2-4-18(32)28-19(16)33/h1,3,9,11,16,35H,2,4-8,10,12H2,(H,28,32,33). The highest BCUT2D eigenvalue weighted by Gasteiger charge is 2.42. The van der Waals surface area contributed by atoms with Crippen LogP contribution in [0.1, 0.15) is 53.0 Å². The predicted molar refractivity (Wildman–Crippen MR) is 112 cm³/mol. The van der Waals surface area contributed by atoms with E-state index in [-0.39, 0.29) is 42.4 Å². The summed E-state index contributed by atoms with van der Waals surface area (Å²) in [4.78, 5) is 44.4. The maximum Gasteiger partial charge on any atom is 0.504 e. The van der Waals surface area contributed by atoms with Crippen LogP contribution in [0.25, 0.3) is 0 Å². The van der Waals surface area contributed by atoms with Gasteiger partial charge in [0.25, 0.3) is 5.91 Å². The lowest BCUT2D eigenvalue weighted by atomic mass is 9.87. The van der Waals surface area contributed by atoms with Gasteiger partial charge in [-0.25, -0.2) is 0 Å². The number of rotatable bonds is 4. The summed E-state index contributed by atoms with van der Waals surface area (Å²) in [6, 6.07) is 2.46. The van der Waals surface area contributed by atoms with Crippen LogP contribution in [0.4, 0.5) is 13.2 Å². The molecular weight excluding hydrogens is 469 g/mol. The molecule has 3 aliphatic rings. The number of nitrogens with one attached hydrogen (secondary N) is 1. The molecule has 35 heavy (non-hydrogen) atoms. The van der Waals surface area contributed by atoms with Gasteiger partial charge in [0.2, 0.25) is 11.8 Å². The predicted octanol–water partition coefficient (Wildman–Crippen LogP) is 0.999. The first-order valence-electron chi connectivity index (χ1n) is 11.2. The fourth-order valence-electron chi connectivity index (χ4n) is 4.87. The van der Waals surface area contributed by atoms with Crippen molar-refractivity contribution >= 4 is 17.7 Å². The molecule has 0 radical (unpaired) electrons. The molecule has 2 fully saturated rings. The van der Waals surface area contributed by atoms with Crippen LogP contribution < -0.4 is 5.32 Å². The summed E-state index contributed by atoms with van der Waals surface area (Å²) in [6.45, 7) is 1.26. The van der Waals surface area contributed by atoms with Crippen LogP contribution in [0, 0.1) is 0 Å². The molecule has 0 saturated carbocycles. The van der Waals surface area contributed by atoms with Crippen LogP contribution >= 0.6 is 0 Å². The van der Waals surface area contributed by atoms with Crippen molar-refractivity contribution in [3.8, 4) is 0 Å². The Morgan fingerprint density at radius 3 is 2.57 bits per heavy atom. The highest BCUT2D eigenvalue weighted by Crippen LogP contribution is 2.35. The molecule has 2 N–H and O–H groups in total. The maximum absolute atomic E-state index is 12.8. The van der Waals surface area contributed by atoms with Crippen molar-refractivity contribution in [2.75, 3.05) is 13.1 Å². The summed E-state index contributed by atoms with van der Waals surface area (Å²) in [5.74, 6) is -1.21. The number of fused-ring (bicyclic) bond motifs is 1. The van der Waals surface area contributed by atoms with Crippen LogP contribution in [0.15, 0.2) is 24.5 Å². The number of nitrogens with zero attached hydrogens (tertiary/aromatic N) is 5. The van der Waals surface area contributed by atoms with E-state index >= 15 is 0 Å². The van der Waals surface area contributed by atoms with Crippen molar-refractivity contribution < 1.29 is 32.7 Å². The smallest absolute Gasteiger partial charge is 0.383 e. The van der Waals surface area contributed by atoms with E-state index in [0.717, 1.165) is 6.20 Å². The Labute approximate surface area is 197 Å². The Kier molecular flexibility index (Phi) is 5.63. The van der Waals surface area contributed by atoms with Gasteiger partial charge in [-0.2, -0.15) is 9.78 Å². The summed E-state index contributed by atoms with van der Waals surface area (Å²) in [7, 11) is 0. The molecule has 0 spiro atoms. The van der Waals surface area contributed by atoms with Gasteiger partial charge in [0, 0.05) is 37.8 Å². The largest absolute Gasteiger partial charge is 0.504 e. The highest BCUT2D eigenvalue weighted by atomic mass is 19.4. The molecule has 2 aromatic rings. The Hall–Kier alpha value is -3.32. The first-order chi connectivity index (χ1) is 16.5. The number of hydrogen-bond acceptors (Lipinski definition) is 7. The molecule has 0 aliphatic carbocycles. The molecule has 1 atom stereocenters. The van der Waals surface area contributed by atoms with Crippen molar-refractivity contribution in [1.82, 2.24) is 29.9 Å². The number of aliphatic hydroxyl groups is 1. The van der Waals surface area contributed by atoms with Gasteiger partial charge in [0.1, 0.15) is 11.6 Å². The summed E-state index contributed by atoms with van der Waals surface area (Å²) < 4.78 is 38.2. The van der Waals surface area contributed by atoms with Gasteiger partial charge in [-0.3, -0.25) is 29.6 Å². The first-order valence-corrected chi connectivity index (χ1v) is 11.2. The highest BCUT2D eigenvalue weighted by molar-refractivity contribution is 6.05. The third-order valence-corrected chi connectivity index (χ3v) is 6.83. The fourth-order valence-corrected chi connectivity index (χ4v) is 4.87. The summed E-state index contributed by atoms with van der Waals surface area (Å²) in [5.41, 5.74) is 0.426. The lowest BCUT2D eigenvalue weighted by Gasteiger charge is -2.37. The number of alkyl halides is 3. The molecule has 10 nitrogen and oxygen atoms in total. The number of aromatic nitrogens is 3. The van der Waals surface area contributed by atoms with E-state index in [1.54, 1.807) is 12.1 Å². The maximum atomic E-state index is 12.8. The number of halogens is 3. The lowest BCUT2D eigenvalue weighted by molar-refractivity contribution is -0.212. The minimum Gasteiger partial charge on any atom is -0.383 e. The topological polar surface area (TPSA) is 121 Å². The molecular formula is C22H23F3N6O4. The third kappa shape index (κ3) is 4.41.